The van der Waals surface area contributed by atoms with E-state index in [1.807, 2.05) is 27.7 Å². The van der Waals surface area contributed by atoms with Crippen molar-refractivity contribution in [3.05, 3.63) is 106 Å². The minimum atomic E-state index is -0.305. The van der Waals surface area contributed by atoms with Crippen molar-refractivity contribution in [2.24, 2.45) is 23.2 Å². The Balaban J connectivity index is 0.000000272. The molecule has 2 bridgehead atoms. The van der Waals surface area contributed by atoms with Crippen LogP contribution in [0, 0.1) is 23.2 Å². The molecule has 6 aliphatic carbocycles. The highest BCUT2D eigenvalue weighted by Gasteiger charge is 2.55. The molecule has 59 heavy (non-hydrogen) atoms. The van der Waals surface area contributed by atoms with Gasteiger partial charge >= 0.3 is 23.9 Å². The number of hydrogen-bond acceptors (Lipinski definition) is 8. The van der Waals surface area contributed by atoms with E-state index < -0.39 is 0 Å². The first-order valence-corrected chi connectivity index (χ1v) is 21.1. The first-order valence-electron chi connectivity index (χ1n) is 21.1. The lowest BCUT2D eigenvalue weighted by molar-refractivity contribution is -0.156. The van der Waals surface area contributed by atoms with Gasteiger partial charge in [-0.25, -0.2) is 19.2 Å². The summed E-state index contributed by atoms with van der Waals surface area (Å²) in [4.78, 5) is 45.5. The largest absolute Gasteiger partial charge is 0.455 e. The molecule has 0 heterocycles. The van der Waals surface area contributed by atoms with Gasteiger partial charge < -0.3 is 18.9 Å². The molecule has 7 unspecified atom stereocenters. The summed E-state index contributed by atoms with van der Waals surface area (Å²) in [7, 11) is 0. The van der Waals surface area contributed by atoms with E-state index >= 15 is 0 Å². The Labute approximate surface area is 356 Å². The summed E-state index contributed by atoms with van der Waals surface area (Å²) in [5.41, 5.74) is 10.9. The van der Waals surface area contributed by atoms with Crippen LogP contribution in [0.15, 0.2) is 106 Å². The first-order chi connectivity index (χ1) is 27.3. The van der Waals surface area contributed by atoms with Crippen molar-refractivity contribution in [3.8, 4) is 0 Å². The SMILES string of the molecule is C=C(C)C(=O)OC1C=C(C)C2CC1C2(C)C.C=C(C)C(=O)OC1CC(C(=C)C)CC=C1C.C=C(C)C(=O)OC1CCC(C)=C1C.C=C(C)C(=O)OC1CCCC(C)=C1C. The summed E-state index contributed by atoms with van der Waals surface area (Å²) in [6, 6.07) is 0. The Hall–Kier alpha value is -4.46. The number of esters is 4. The van der Waals surface area contributed by atoms with Crippen LogP contribution in [0.4, 0.5) is 0 Å². The molecule has 0 amide bonds. The third-order valence-electron chi connectivity index (χ3n) is 12.6. The molecule has 0 aliphatic heterocycles. The van der Waals surface area contributed by atoms with Crippen LogP contribution >= 0.6 is 0 Å². The van der Waals surface area contributed by atoms with Crippen LogP contribution < -0.4 is 0 Å². The predicted octanol–water partition coefficient (Wildman–Crippen LogP) is 12.1. The summed E-state index contributed by atoms with van der Waals surface area (Å²) in [5, 5.41) is 0. The Kier molecular flexibility index (Phi) is 19.1. The molecule has 6 rings (SSSR count). The second-order valence-corrected chi connectivity index (χ2v) is 18.1. The lowest BCUT2D eigenvalue weighted by Gasteiger charge is -2.58. The van der Waals surface area contributed by atoms with E-state index in [0.717, 1.165) is 62.5 Å². The van der Waals surface area contributed by atoms with Gasteiger partial charge in [-0.15, -0.1) is 0 Å². The molecule has 7 atom stereocenters. The molecule has 0 aromatic heterocycles. The van der Waals surface area contributed by atoms with Crippen molar-refractivity contribution in [2.45, 2.75) is 166 Å². The van der Waals surface area contributed by atoms with Crippen LogP contribution in [0.5, 0.6) is 0 Å². The number of allylic oxidation sites excluding steroid dienone is 5. The number of carbonyl (C=O) groups excluding carboxylic acids is 4. The van der Waals surface area contributed by atoms with E-state index in [1.165, 1.54) is 27.9 Å². The molecule has 326 valence electrons. The highest BCUT2D eigenvalue weighted by atomic mass is 16.6. The van der Waals surface area contributed by atoms with E-state index in [0.29, 0.717) is 40.0 Å². The Bertz CT molecular complexity index is 1810. The van der Waals surface area contributed by atoms with Gasteiger partial charge in [0.1, 0.15) is 24.4 Å². The van der Waals surface area contributed by atoms with Crippen LogP contribution in [0.25, 0.3) is 0 Å². The summed E-state index contributed by atoms with van der Waals surface area (Å²) < 4.78 is 21.5. The Morgan fingerprint density at radius 1 is 0.593 bits per heavy atom. The molecular formula is C51H74O8. The van der Waals surface area contributed by atoms with Gasteiger partial charge in [-0.2, -0.15) is 0 Å². The Morgan fingerprint density at radius 3 is 1.46 bits per heavy atom. The van der Waals surface area contributed by atoms with Crippen molar-refractivity contribution in [2.75, 3.05) is 0 Å². The molecular weight excluding hydrogens is 741 g/mol. The molecule has 0 spiro atoms. The van der Waals surface area contributed by atoms with Crippen LogP contribution in [-0.2, 0) is 38.1 Å². The fourth-order valence-corrected chi connectivity index (χ4v) is 7.93. The number of rotatable bonds is 9. The van der Waals surface area contributed by atoms with E-state index in [2.05, 4.69) is 79.7 Å². The number of fused-ring (bicyclic) bond motifs is 1. The topological polar surface area (TPSA) is 105 Å². The standard InChI is InChI=1S/2C14H20O2.C12H18O2.C11H16O2/c1-8(2)13(15)16-12-6-9(3)10-7-11(12)14(10,4)5;1-9(2)12-7-6-11(5)13(8-12)16-14(15)10(3)4;1-8(2)12(13)14-11-7-5-6-9(3)10(11)4;1-7(2)11(12)13-10-6-5-8(3)9(10)4/h6,10-12H,1,7H2,2-5H3;6,12-13H,1,3,7-8H2,2,4-5H3;11H,1,5-7H2,2-4H3;10H,1,5-6H2,2-4H3. The second-order valence-electron chi connectivity index (χ2n) is 18.1. The maximum absolute atomic E-state index is 11.5. The zero-order chi connectivity index (χ0) is 45.1. The molecule has 0 N–H and O–H groups in total. The lowest BCUT2D eigenvalue weighted by atomic mass is 9.48. The number of ether oxygens (including phenoxy) is 4. The first kappa shape index (κ1) is 50.7. The highest BCUT2D eigenvalue weighted by molar-refractivity contribution is 5.88. The van der Waals surface area contributed by atoms with Crippen molar-refractivity contribution in [1.29, 1.82) is 0 Å². The van der Waals surface area contributed by atoms with Crippen molar-refractivity contribution in [1.82, 2.24) is 0 Å². The summed E-state index contributed by atoms with van der Waals surface area (Å²) >= 11 is 0. The average molecular weight is 815 g/mol. The van der Waals surface area contributed by atoms with Crippen LogP contribution in [0.3, 0.4) is 0 Å². The highest BCUT2D eigenvalue weighted by Crippen LogP contribution is 2.59. The van der Waals surface area contributed by atoms with E-state index in [-0.39, 0.29) is 53.7 Å². The summed E-state index contributed by atoms with van der Waals surface area (Å²) in [6.45, 7) is 44.0. The third kappa shape index (κ3) is 14.4. The van der Waals surface area contributed by atoms with Gasteiger partial charge in [-0.05, 0) is 168 Å². The quantitative estimate of drug-likeness (QED) is 0.0980. The minimum absolute atomic E-state index is 0.0100. The number of hydrogen-bond donors (Lipinski definition) is 0. The van der Waals surface area contributed by atoms with Crippen LogP contribution in [0.1, 0.15) is 141 Å². The van der Waals surface area contributed by atoms with Gasteiger partial charge in [0, 0.05) is 28.2 Å². The molecule has 0 radical (unpaired) electrons. The predicted molar refractivity (Wildman–Crippen MR) is 239 cm³/mol. The van der Waals surface area contributed by atoms with Crippen LogP contribution in [0.2, 0.25) is 0 Å². The van der Waals surface area contributed by atoms with E-state index in [1.54, 1.807) is 27.7 Å². The zero-order valence-electron chi connectivity index (χ0n) is 38.7. The molecule has 0 aromatic carbocycles. The third-order valence-corrected chi connectivity index (χ3v) is 12.6. The molecule has 1 saturated carbocycles. The molecule has 0 saturated heterocycles. The maximum atomic E-state index is 11.5. The monoisotopic (exact) mass is 815 g/mol. The minimum Gasteiger partial charge on any atom is -0.455 e. The van der Waals surface area contributed by atoms with Gasteiger partial charge in [-0.1, -0.05) is 75.1 Å². The van der Waals surface area contributed by atoms with Gasteiger partial charge in [-0.3, -0.25) is 0 Å². The summed E-state index contributed by atoms with van der Waals surface area (Å²) in [5.74, 6) is 0.451. The summed E-state index contributed by atoms with van der Waals surface area (Å²) in [6.07, 6.45) is 12.2. The molecule has 8 nitrogen and oxygen atoms in total. The van der Waals surface area contributed by atoms with E-state index in [4.69, 9.17) is 18.9 Å². The van der Waals surface area contributed by atoms with Crippen molar-refractivity contribution >= 4 is 23.9 Å². The average Bonchev–Trinajstić information content (AvgIpc) is 3.46. The van der Waals surface area contributed by atoms with Gasteiger partial charge in [0.25, 0.3) is 0 Å². The van der Waals surface area contributed by atoms with Gasteiger partial charge in [0.15, 0.2) is 0 Å². The lowest BCUT2D eigenvalue weighted by Crippen LogP contribution is -2.54. The second kappa shape index (κ2) is 22.2. The maximum Gasteiger partial charge on any atom is 0.333 e. The fourth-order valence-electron chi connectivity index (χ4n) is 7.93. The van der Waals surface area contributed by atoms with E-state index in [9.17, 15) is 19.2 Å². The number of carbonyl (C=O) groups is 4. The normalized spacial score (nSPS) is 26.2. The Morgan fingerprint density at radius 2 is 1.03 bits per heavy atom. The van der Waals surface area contributed by atoms with Gasteiger partial charge in [0.2, 0.25) is 0 Å². The molecule has 1 fully saturated rings. The molecule has 8 heteroatoms. The van der Waals surface area contributed by atoms with Crippen molar-refractivity contribution < 1.29 is 38.1 Å². The zero-order valence-corrected chi connectivity index (χ0v) is 38.7. The molecule has 6 aliphatic rings. The smallest absolute Gasteiger partial charge is 0.333 e. The van der Waals surface area contributed by atoms with Gasteiger partial charge in [0.05, 0.1) is 0 Å². The molecule has 0 aromatic rings. The van der Waals surface area contributed by atoms with Crippen molar-refractivity contribution in [3.63, 3.8) is 0 Å². The fraction of sp³-hybridized carbons (Fsp3) is 0.569. The van der Waals surface area contributed by atoms with Crippen LogP contribution in [-0.4, -0.2) is 48.3 Å².